The van der Waals surface area contributed by atoms with E-state index in [2.05, 4.69) is 4.98 Å². The second kappa shape index (κ2) is 6.82. The van der Waals surface area contributed by atoms with Crippen molar-refractivity contribution in [2.75, 3.05) is 6.73 Å². The minimum atomic E-state index is 0.0810. The standard InChI is InChI=1S/C14H14BN2O2/c16-10-19-15-14-9-11(6-7-17-14)8-13(18)12-4-2-1-3-5-12/h1-7,9H,8,10,16H2. The Morgan fingerprint density at radius 2 is 2.05 bits per heavy atom. The quantitative estimate of drug-likeness (QED) is 0.467. The molecule has 1 aromatic carbocycles. The van der Waals surface area contributed by atoms with E-state index in [-0.39, 0.29) is 12.5 Å². The molecule has 0 aliphatic heterocycles. The molecule has 2 N–H and O–H groups in total. The van der Waals surface area contributed by atoms with E-state index in [1.165, 1.54) is 7.48 Å². The SMILES string of the molecule is NCO[B]c1cc(CC(=O)c2ccccc2)ccn1. The molecular weight excluding hydrogens is 239 g/mol. The van der Waals surface area contributed by atoms with E-state index in [9.17, 15) is 4.79 Å². The Labute approximate surface area is 112 Å². The topological polar surface area (TPSA) is 65.2 Å². The first kappa shape index (κ1) is 13.5. The zero-order chi connectivity index (χ0) is 13.5. The summed E-state index contributed by atoms with van der Waals surface area (Å²) >= 11 is 0. The smallest absolute Gasteiger partial charge is 0.352 e. The first-order valence-corrected chi connectivity index (χ1v) is 5.97. The molecule has 0 bridgehead atoms. The molecule has 19 heavy (non-hydrogen) atoms. The highest BCUT2D eigenvalue weighted by atomic mass is 16.4. The number of pyridine rings is 1. The summed E-state index contributed by atoms with van der Waals surface area (Å²) in [6.45, 7) is 0.106. The molecule has 0 unspecified atom stereocenters. The number of carbonyl (C=O) groups excluding carboxylic acids is 1. The van der Waals surface area contributed by atoms with Crippen molar-refractivity contribution in [3.05, 3.63) is 59.8 Å². The van der Waals surface area contributed by atoms with Gasteiger partial charge in [0.15, 0.2) is 5.78 Å². The molecule has 0 saturated carbocycles. The van der Waals surface area contributed by atoms with Crippen LogP contribution in [0.15, 0.2) is 48.7 Å². The number of Topliss-reactive ketones (excluding diaryl/α,β-unsaturated/α-hetero) is 1. The number of benzene rings is 1. The lowest BCUT2D eigenvalue weighted by Crippen LogP contribution is -2.24. The van der Waals surface area contributed by atoms with Crippen molar-refractivity contribution >= 4 is 18.9 Å². The lowest BCUT2D eigenvalue weighted by molar-refractivity contribution is 0.0993. The van der Waals surface area contributed by atoms with Gasteiger partial charge in [-0.1, -0.05) is 30.3 Å². The zero-order valence-corrected chi connectivity index (χ0v) is 10.5. The lowest BCUT2D eigenvalue weighted by Gasteiger charge is -2.04. The van der Waals surface area contributed by atoms with E-state index in [0.717, 1.165) is 5.56 Å². The molecule has 0 aliphatic rings. The third kappa shape index (κ3) is 4.01. The van der Waals surface area contributed by atoms with Crippen molar-refractivity contribution in [3.8, 4) is 0 Å². The maximum Gasteiger partial charge on any atom is 0.352 e. The van der Waals surface area contributed by atoms with Gasteiger partial charge in [-0.2, -0.15) is 0 Å². The predicted molar refractivity (Wildman–Crippen MR) is 74.2 cm³/mol. The Morgan fingerprint density at radius 3 is 2.79 bits per heavy atom. The van der Waals surface area contributed by atoms with Gasteiger partial charge in [0.25, 0.3) is 0 Å². The third-order valence-electron chi connectivity index (χ3n) is 2.61. The fourth-order valence-corrected chi connectivity index (χ4v) is 1.71. The van der Waals surface area contributed by atoms with Crippen molar-refractivity contribution in [1.29, 1.82) is 0 Å². The molecule has 1 heterocycles. The molecule has 2 rings (SSSR count). The Balaban J connectivity index is 2.05. The molecule has 0 saturated heterocycles. The van der Waals surface area contributed by atoms with Crippen LogP contribution in [-0.2, 0) is 11.1 Å². The van der Waals surface area contributed by atoms with Gasteiger partial charge in [0.05, 0.1) is 6.73 Å². The highest BCUT2D eigenvalue weighted by Crippen LogP contribution is 2.05. The van der Waals surface area contributed by atoms with Crippen LogP contribution in [0, 0.1) is 0 Å². The second-order valence-electron chi connectivity index (χ2n) is 4.01. The Hall–Kier alpha value is -1.98. The monoisotopic (exact) mass is 253 g/mol. The van der Waals surface area contributed by atoms with Gasteiger partial charge >= 0.3 is 7.48 Å². The van der Waals surface area contributed by atoms with Gasteiger partial charge in [-0.05, 0) is 17.7 Å². The number of aromatic nitrogens is 1. The molecule has 1 radical (unpaired) electrons. The Bertz CT molecular complexity index is 546. The van der Waals surface area contributed by atoms with Crippen LogP contribution in [0.4, 0.5) is 0 Å². The molecule has 0 aliphatic carbocycles. The van der Waals surface area contributed by atoms with Crippen molar-refractivity contribution < 1.29 is 9.45 Å². The molecule has 0 spiro atoms. The highest BCUT2D eigenvalue weighted by Gasteiger charge is 2.07. The average Bonchev–Trinajstić information content (AvgIpc) is 2.46. The molecule has 0 fully saturated rings. The second-order valence-corrected chi connectivity index (χ2v) is 4.01. The molecule has 0 atom stereocenters. The van der Waals surface area contributed by atoms with E-state index >= 15 is 0 Å². The van der Waals surface area contributed by atoms with Gasteiger partial charge in [0.1, 0.15) is 0 Å². The summed E-state index contributed by atoms with van der Waals surface area (Å²) in [5, 5.41) is 0. The Kier molecular flexibility index (Phi) is 4.83. The maximum absolute atomic E-state index is 12.1. The van der Waals surface area contributed by atoms with Crippen LogP contribution < -0.4 is 11.3 Å². The fourth-order valence-electron chi connectivity index (χ4n) is 1.71. The summed E-state index contributed by atoms with van der Waals surface area (Å²) in [4.78, 5) is 16.2. The summed E-state index contributed by atoms with van der Waals surface area (Å²) in [5.74, 6) is 0.0810. The molecule has 0 amide bonds. The maximum atomic E-state index is 12.1. The van der Waals surface area contributed by atoms with Crippen LogP contribution in [0.5, 0.6) is 0 Å². The van der Waals surface area contributed by atoms with Gasteiger partial charge in [-0.25, -0.2) is 0 Å². The fraction of sp³-hybridized carbons (Fsp3) is 0.143. The van der Waals surface area contributed by atoms with Crippen LogP contribution >= 0.6 is 0 Å². The number of ketones is 1. The van der Waals surface area contributed by atoms with Gasteiger partial charge in [-0.15, -0.1) is 0 Å². The number of hydrogen-bond acceptors (Lipinski definition) is 4. The molecule has 2 aromatic rings. The Morgan fingerprint density at radius 1 is 1.26 bits per heavy atom. The molecular formula is C14H14BN2O2. The van der Waals surface area contributed by atoms with Gasteiger partial charge in [-0.3, -0.25) is 9.78 Å². The molecule has 5 heteroatoms. The van der Waals surface area contributed by atoms with Gasteiger partial charge < -0.3 is 10.4 Å². The lowest BCUT2D eigenvalue weighted by atomic mass is 9.92. The first-order valence-electron chi connectivity index (χ1n) is 5.97. The van der Waals surface area contributed by atoms with E-state index < -0.39 is 0 Å². The van der Waals surface area contributed by atoms with Crippen molar-refractivity contribution in [3.63, 3.8) is 0 Å². The van der Waals surface area contributed by atoms with E-state index in [0.29, 0.717) is 17.6 Å². The van der Waals surface area contributed by atoms with Crippen LogP contribution in [0.1, 0.15) is 15.9 Å². The average molecular weight is 253 g/mol. The third-order valence-corrected chi connectivity index (χ3v) is 2.61. The normalized spacial score (nSPS) is 10.2. The summed E-state index contributed by atoms with van der Waals surface area (Å²) in [6, 6.07) is 12.9. The van der Waals surface area contributed by atoms with Crippen molar-refractivity contribution in [1.82, 2.24) is 4.98 Å². The predicted octanol–water partition coefficient (Wildman–Crippen LogP) is 0.684. The van der Waals surface area contributed by atoms with Crippen LogP contribution in [0.2, 0.25) is 0 Å². The number of carbonyl (C=O) groups is 1. The number of nitrogens with two attached hydrogens (primary N) is 1. The zero-order valence-electron chi connectivity index (χ0n) is 10.5. The number of nitrogens with zero attached hydrogens (tertiary/aromatic N) is 1. The minimum absolute atomic E-state index is 0.0810. The summed E-state index contributed by atoms with van der Waals surface area (Å²) in [5.41, 5.74) is 7.50. The van der Waals surface area contributed by atoms with Crippen molar-refractivity contribution in [2.24, 2.45) is 5.73 Å². The summed E-state index contributed by atoms with van der Waals surface area (Å²) in [6.07, 6.45) is 2.00. The first-order chi connectivity index (χ1) is 9.29. The number of rotatable bonds is 6. The van der Waals surface area contributed by atoms with E-state index in [1.807, 2.05) is 42.5 Å². The summed E-state index contributed by atoms with van der Waals surface area (Å²) < 4.78 is 4.97. The largest absolute Gasteiger partial charge is 0.421 e. The van der Waals surface area contributed by atoms with Gasteiger partial charge in [0, 0.05) is 23.8 Å². The number of hydrogen-bond donors (Lipinski definition) is 1. The van der Waals surface area contributed by atoms with Crippen LogP contribution in [0.3, 0.4) is 0 Å². The highest BCUT2D eigenvalue weighted by molar-refractivity contribution is 6.45. The summed E-state index contributed by atoms with van der Waals surface area (Å²) in [7, 11) is 1.48. The van der Waals surface area contributed by atoms with E-state index in [4.69, 9.17) is 10.4 Å². The van der Waals surface area contributed by atoms with Crippen molar-refractivity contribution in [2.45, 2.75) is 6.42 Å². The van der Waals surface area contributed by atoms with Crippen LogP contribution in [0.25, 0.3) is 0 Å². The van der Waals surface area contributed by atoms with Gasteiger partial charge in [0.2, 0.25) is 0 Å². The molecule has 1 aromatic heterocycles. The van der Waals surface area contributed by atoms with E-state index in [1.54, 1.807) is 6.20 Å². The van der Waals surface area contributed by atoms with Crippen LogP contribution in [-0.4, -0.2) is 25.0 Å². The minimum Gasteiger partial charge on any atom is -0.421 e. The molecule has 4 nitrogen and oxygen atoms in total. The molecule has 95 valence electrons.